The first-order valence-corrected chi connectivity index (χ1v) is 5.53. The highest BCUT2D eigenvalue weighted by Gasteiger charge is 2.19. The van der Waals surface area contributed by atoms with Gasteiger partial charge in [0.05, 0.1) is 0 Å². The van der Waals surface area contributed by atoms with E-state index in [4.69, 9.17) is 5.11 Å². The number of hydrogen-bond acceptors (Lipinski definition) is 3. The molecule has 0 saturated carbocycles. The monoisotopic (exact) mass is 230 g/mol. The van der Waals surface area contributed by atoms with Crippen molar-refractivity contribution in [2.45, 2.75) is 32.2 Å². The van der Waals surface area contributed by atoms with Crippen molar-refractivity contribution in [2.75, 3.05) is 27.7 Å². The molecule has 0 radical (unpaired) electrons. The maximum Gasteiger partial charge on any atom is 0.320 e. The van der Waals surface area contributed by atoms with Crippen molar-refractivity contribution in [1.82, 2.24) is 9.80 Å². The van der Waals surface area contributed by atoms with E-state index >= 15 is 0 Å². The van der Waals surface area contributed by atoms with E-state index in [2.05, 4.69) is 0 Å². The van der Waals surface area contributed by atoms with Crippen molar-refractivity contribution < 1.29 is 14.7 Å². The zero-order valence-corrected chi connectivity index (χ0v) is 10.6. The molecule has 1 atom stereocenters. The minimum absolute atomic E-state index is 0.0803. The van der Waals surface area contributed by atoms with Crippen molar-refractivity contribution in [2.24, 2.45) is 0 Å². The third-order valence-electron chi connectivity index (χ3n) is 2.60. The molecule has 0 aliphatic carbocycles. The maximum absolute atomic E-state index is 11.3. The SMILES string of the molecule is CCC(C(=O)O)N(C)CCCC(=O)N(C)C. The van der Waals surface area contributed by atoms with Gasteiger partial charge in [0.25, 0.3) is 0 Å². The summed E-state index contributed by atoms with van der Waals surface area (Å²) in [6.07, 6.45) is 1.73. The molecule has 1 amide bonds. The Bertz CT molecular complexity index is 241. The number of rotatable bonds is 7. The van der Waals surface area contributed by atoms with Crippen LogP contribution in [-0.4, -0.2) is 60.5 Å². The molecule has 0 aliphatic heterocycles. The summed E-state index contributed by atoms with van der Waals surface area (Å²) in [6, 6.07) is -0.450. The highest BCUT2D eigenvalue weighted by atomic mass is 16.4. The summed E-state index contributed by atoms with van der Waals surface area (Å²) in [5, 5.41) is 8.92. The highest BCUT2D eigenvalue weighted by Crippen LogP contribution is 2.04. The summed E-state index contributed by atoms with van der Waals surface area (Å²) in [4.78, 5) is 25.5. The summed E-state index contributed by atoms with van der Waals surface area (Å²) in [5.41, 5.74) is 0. The van der Waals surface area contributed by atoms with Gasteiger partial charge in [-0.3, -0.25) is 14.5 Å². The lowest BCUT2D eigenvalue weighted by Crippen LogP contribution is -2.38. The molecule has 1 N–H and O–H groups in total. The molecular formula is C11H22N2O3. The predicted molar refractivity (Wildman–Crippen MR) is 62.3 cm³/mol. The fourth-order valence-corrected chi connectivity index (χ4v) is 1.53. The van der Waals surface area contributed by atoms with Crippen LogP contribution in [0, 0.1) is 0 Å². The van der Waals surface area contributed by atoms with Crippen LogP contribution in [0.2, 0.25) is 0 Å². The number of carboxylic acid groups (broad SMARTS) is 1. The third-order valence-corrected chi connectivity index (χ3v) is 2.60. The second-order valence-corrected chi connectivity index (χ2v) is 4.13. The Kier molecular flexibility index (Phi) is 6.72. The summed E-state index contributed by atoms with van der Waals surface area (Å²) < 4.78 is 0. The van der Waals surface area contributed by atoms with Crippen molar-refractivity contribution in [1.29, 1.82) is 0 Å². The molecule has 0 aromatic heterocycles. The average molecular weight is 230 g/mol. The van der Waals surface area contributed by atoms with Crippen LogP contribution in [0.15, 0.2) is 0 Å². The van der Waals surface area contributed by atoms with Gasteiger partial charge in [0.2, 0.25) is 5.91 Å². The van der Waals surface area contributed by atoms with Crippen LogP contribution in [-0.2, 0) is 9.59 Å². The fraction of sp³-hybridized carbons (Fsp3) is 0.818. The number of carbonyl (C=O) groups is 2. The largest absolute Gasteiger partial charge is 0.480 e. The molecule has 5 nitrogen and oxygen atoms in total. The van der Waals surface area contributed by atoms with E-state index in [-0.39, 0.29) is 5.91 Å². The van der Waals surface area contributed by atoms with Gasteiger partial charge in [-0.05, 0) is 26.4 Å². The third kappa shape index (κ3) is 5.11. The highest BCUT2D eigenvalue weighted by molar-refractivity contribution is 5.75. The first-order chi connectivity index (χ1) is 7.40. The van der Waals surface area contributed by atoms with Crippen LogP contribution in [0.4, 0.5) is 0 Å². The number of carboxylic acids is 1. The van der Waals surface area contributed by atoms with Crippen molar-refractivity contribution in [3.8, 4) is 0 Å². The zero-order chi connectivity index (χ0) is 12.7. The fourth-order valence-electron chi connectivity index (χ4n) is 1.53. The van der Waals surface area contributed by atoms with Crippen LogP contribution < -0.4 is 0 Å². The van der Waals surface area contributed by atoms with Crippen LogP contribution in [0.25, 0.3) is 0 Å². The van der Waals surface area contributed by atoms with Crippen LogP contribution >= 0.6 is 0 Å². The molecular weight excluding hydrogens is 208 g/mol. The van der Waals surface area contributed by atoms with Gasteiger partial charge < -0.3 is 10.0 Å². The molecule has 0 aliphatic rings. The lowest BCUT2D eigenvalue weighted by molar-refractivity contribution is -0.142. The maximum atomic E-state index is 11.3. The Morgan fingerprint density at radius 2 is 1.81 bits per heavy atom. The molecule has 0 heterocycles. The Balaban J connectivity index is 3.93. The Labute approximate surface area is 97.0 Å². The van der Waals surface area contributed by atoms with E-state index in [1.54, 1.807) is 30.9 Å². The molecule has 0 aromatic carbocycles. The number of amides is 1. The minimum Gasteiger partial charge on any atom is -0.480 e. The van der Waals surface area contributed by atoms with Gasteiger partial charge in [-0.15, -0.1) is 0 Å². The summed E-state index contributed by atoms with van der Waals surface area (Å²) in [6.45, 7) is 2.48. The van der Waals surface area contributed by atoms with E-state index in [1.807, 2.05) is 6.92 Å². The van der Waals surface area contributed by atoms with Gasteiger partial charge >= 0.3 is 5.97 Å². The molecule has 0 rings (SSSR count). The quantitative estimate of drug-likeness (QED) is 0.697. The topological polar surface area (TPSA) is 60.9 Å². The normalized spacial score (nSPS) is 12.6. The first kappa shape index (κ1) is 14.9. The predicted octanol–water partition coefficient (Wildman–Crippen LogP) is 0.650. The van der Waals surface area contributed by atoms with Gasteiger partial charge in [0.15, 0.2) is 0 Å². The molecule has 0 spiro atoms. The van der Waals surface area contributed by atoms with Gasteiger partial charge in [-0.1, -0.05) is 6.92 Å². The summed E-state index contributed by atoms with van der Waals surface area (Å²) >= 11 is 0. The summed E-state index contributed by atoms with van der Waals surface area (Å²) in [5.74, 6) is -0.722. The lowest BCUT2D eigenvalue weighted by Gasteiger charge is -2.23. The van der Waals surface area contributed by atoms with E-state index in [0.717, 1.165) is 0 Å². The zero-order valence-electron chi connectivity index (χ0n) is 10.6. The van der Waals surface area contributed by atoms with E-state index in [9.17, 15) is 9.59 Å². The molecule has 1 unspecified atom stereocenters. The van der Waals surface area contributed by atoms with Gasteiger partial charge in [-0.2, -0.15) is 0 Å². The van der Waals surface area contributed by atoms with E-state index in [0.29, 0.717) is 25.8 Å². The van der Waals surface area contributed by atoms with Crippen molar-refractivity contribution >= 4 is 11.9 Å². The molecule has 94 valence electrons. The van der Waals surface area contributed by atoms with E-state index in [1.165, 1.54) is 0 Å². The number of likely N-dealkylation sites (N-methyl/N-ethyl adjacent to an activating group) is 1. The number of aliphatic carboxylic acids is 1. The smallest absolute Gasteiger partial charge is 0.320 e. The lowest BCUT2D eigenvalue weighted by atomic mass is 10.2. The molecule has 16 heavy (non-hydrogen) atoms. The second-order valence-electron chi connectivity index (χ2n) is 4.13. The van der Waals surface area contributed by atoms with Crippen molar-refractivity contribution in [3.05, 3.63) is 0 Å². The minimum atomic E-state index is -0.802. The first-order valence-electron chi connectivity index (χ1n) is 5.53. The van der Waals surface area contributed by atoms with Crippen molar-refractivity contribution in [3.63, 3.8) is 0 Å². The molecule has 5 heteroatoms. The van der Waals surface area contributed by atoms with Gasteiger partial charge in [0.1, 0.15) is 6.04 Å². The Hall–Kier alpha value is -1.10. The number of carbonyl (C=O) groups excluding carboxylic acids is 1. The average Bonchev–Trinajstić information content (AvgIpc) is 2.17. The van der Waals surface area contributed by atoms with Gasteiger partial charge in [0, 0.05) is 20.5 Å². The number of hydrogen-bond donors (Lipinski definition) is 1. The second kappa shape index (κ2) is 7.22. The molecule has 0 aromatic rings. The van der Waals surface area contributed by atoms with Crippen LogP contribution in [0.3, 0.4) is 0 Å². The van der Waals surface area contributed by atoms with E-state index < -0.39 is 12.0 Å². The molecule has 0 bridgehead atoms. The van der Waals surface area contributed by atoms with Crippen LogP contribution in [0.1, 0.15) is 26.2 Å². The Morgan fingerprint density at radius 1 is 1.25 bits per heavy atom. The van der Waals surface area contributed by atoms with Crippen LogP contribution in [0.5, 0.6) is 0 Å². The van der Waals surface area contributed by atoms with Gasteiger partial charge in [-0.25, -0.2) is 0 Å². The summed E-state index contributed by atoms with van der Waals surface area (Å²) in [7, 11) is 5.22. The Morgan fingerprint density at radius 3 is 2.19 bits per heavy atom. The standard InChI is InChI=1S/C11H22N2O3/c1-5-9(11(15)16)13(4)8-6-7-10(14)12(2)3/h9H,5-8H2,1-4H3,(H,15,16). The number of nitrogens with zero attached hydrogens (tertiary/aromatic N) is 2. The molecule has 0 saturated heterocycles. The molecule has 0 fully saturated rings.